The maximum Gasteiger partial charge on any atom is 0.347 e. The molecule has 0 aliphatic heterocycles. The summed E-state index contributed by atoms with van der Waals surface area (Å²) < 4.78 is 10.2. The van der Waals surface area contributed by atoms with Crippen molar-refractivity contribution in [1.82, 2.24) is 0 Å². The molecular formula is C17H21NO4. The van der Waals surface area contributed by atoms with Crippen LogP contribution in [0.5, 0.6) is 0 Å². The van der Waals surface area contributed by atoms with Gasteiger partial charge < -0.3 is 14.1 Å². The predicted octanol–water partition coefficient (Wildman–Crippen LogP) is 2.86. The minimum atomic E-state index is -0.592. The van der Waals surface area contributed by atoms with Crippen molar-refractivity contribution in [2.24, 2.45) is 0 Å². The molecule has 0 atom stereocenters. The number of hydrogen-bond acceptors (Lipinski definition) is 5. The number of fused-ring (bicyclic) bond motifs is 1. The fourth-order valence-corrected chi connectivity index (χ4v) is 2.41. The summed E-state index contributed by atoms with van der Waals surface area (Å²) in [6, 6.07) is 7.29. The van der Waals surface area contributed by atoms with Crippen LogP contribution in [0.1, 0.15) is 30.6 Å². The highest BCUT2D eigenvalue weighted by atomic mass is 16.5. The van der Waals surface area contributed by atoms with Gasteiger partial charge in [0.1, 0.15) is 11.1 Å². The molecule has 0 fully saturated rings. The molecule has 2 aromatic rings. The Morgan fingerprint density at radius 3 is 2.59 bits per heavy atom. The van der Waals surface area contributed by atoms with Crippen LogP contribution in [0.3, 0.4) is 0 Å². The van der Waals surface area contributed by atoms with Gasteiger partial charge in [0.15, 0.2) is 5.78 Å². The van der Waals surface area contributed by atoms with Gasteiger partial charge in [-0.15, -0.1) is 0 Å². The van der Waals surface area contributed by atoms with E-state index in [1.54, 1.807) is 6.07 Å². The Balaban J connectivity index is 2.42. The number of anilines is 1. The van der Waals surface area contributed by atoms with Gasteiger partial charge in [0.2, 0.25) is 0 Å². The Bertz CT molecular complexity index is 716. The summed E-state index contributed by atoms with van der Waals surface area (Å²) in [6.07, 6.45) is 0.171. The lowest BCUT2D eigenvalue weighted by atomic mass is 10.1. The molecule has 2 rings (SSSR count). The van der Waals surface area contributed by atoms with Crippen molar-refractivity contribution in [2.45, 2.75) is 20.3 Å². The zero-order valence-corrected chi connectivity index (χ0v) is 13.2. The van der Waals surface area contributed by atoms with Crippen LogP contribution in [0.25, 0.3) is 11.0 Å². The number of ether oxygens (including phenoxy) is 1. The Labute approximate surface area is 129 Å². The molecule has 1 heterocycles. The van der Waals surface area contributed by atoms with Gasteiger partial charge in [-0.25, -0.2) is 4.79 Å². The first kappa shape index (κ1) is 16.2. The van der Waals surface area contributed by atoms with Crippen molar-refractivity contribution in [2.75, 3.05) is 31.7 Å². The fourth-order valence-electron chi connectivity index (χ4n) is 2.41. The number of nitrogens with zero attached hydrogens (tertiary/aromatic N) is 1. The number of rotatable bonds is 7. The van der Waals surface area contributed by atoms with Gasteiger partial charge in [-0.1, -0.05) is 0 Å². The van der Waals surface area contributed by atoms with E-state index in [1.165, 1.54) is 7.11 Å². The molecule has 0 spiro atoms. The second-order valence-corrected chi connectivity index (χ2v) is 5.01. The minimum Gasteiger partial charge on any atom is -0.422 e. The number of carbonyl (C=O) groups is 1. The third-order valence-electron chi connectivity index (χ3n) is 3.68. The van der Waals surface area contributed by atoms with Crippen LogP contribution in [-0.2, 0) is 4.74 Å². The molecule has 0 aliphatic rings. The smallest absolute Gasteiger partial charge is 0.347 e. The molecule has 22 heavy (non-hydrogen) atoms. The Kier molecular flexibility index (Phi) is 5.33. The molecule has 1 aromatic carbocycles. The molecular weight excluding hydrogens is 282 g/mol. The van der Waals surface area contributed by atoms with Crippen molar-refractivity contribution >= 4 is 22.4 Å². The van der Waals surface area contributed by atoms with Crippen molar-refractivity contribution in [3.8, 4) is 0 Å². The lowest BCUT2D eigenvalue weighted by Gasteiger charge is -2.20. The Hall–Kier alpha value is -2.14. The van der Waals surface area contributed by atoms with Gasteiger partial charge in [-0.3, -0.25) is 4.79 Å². The topological polar surface area (TPSA) is 59.8 Å². The third kappa shape index (κ3) is 3.36. The maximum absolute atomic E-state index is 12.0. The summed E-state index contributed by atoms with van der Waals surface area (Å²) in [5.74, 6) is -0.259. The number of ketones is 1. The van der Waals surface area contributed by atoms with Crippen LogP contribution in [0, 0.1) is 0 Å². The molecule has 0 amide bonds. The molecule has 0 unspecified atom stereocenters. The highest BCUT2D eigenvalue weighted by molar-refractivity contribution is 5.98. The highest BCUT2D eigenvalue weighted by Gasteiger charge is 2.14. The van der Waals surface area contributed by atoms with Crippen LogP contribution >= 0.6 is 0 Å². The van der Waals surface area contributed by atoms with Crippen molar-refractivity contribution in [3.63, 3.8) is 0 Å². The second kappa shape index (κ2) is 7.22. The first-order valence-corrected chi connectivity index (χ1v) is 7.45. The summed E-state index contributed by atoms with van der Waals surface area (Å²) >= 11 is 0. The van der Waals surface area contributed by atoms with E-state index >= 15 is 0 Å². The summed E-state index contributed by atoms with van der Waals surface area (Å²) in [5.41, 5.74) is 0.988. The molecule has 1 aromatic heterocycles. The highest BCUT2D eigenvalue weighted by Crippen LogP contribution is 2.22. The predicted molar refractivity (Wildman–Crippen MR) is 86.9 cm³/mol. The van der Waals surface area contributed by atoms with Crippen LogP contribution in [0.15, 0.2) is 33.5 Å². The first-order chi connectivity index (χ1) is 10.6. The molecule has 5 nitrogen and oxygen atoms in total. The number of Topliss-reactive ketones (excluding diaryl/α,β-unsaturated/α-hetero) is 1. The van der Waals surface area contributed by atoms with E-state index < -0.39 is 5.63 Å². The quantitative estimate of drug-likeness (QED) is 0.581. The van der Waals surface area contributed by atoms with E-state index in [1.807, 2.05) is 18.2 Å². The van der Waals surface area contributed by atoms with Crippen molar-refractivity contribution in [1.29, 1.82) is 0 Å². The summed E-state index contributed by atoms with van der Waals surface area (Å²) in [4.78, 5) is 26.2. The molecule has 0 radical (unpaired) electrons. The van der Waals surface area contributed by atoms with Crippen LogP contribution in [0.4, 0.5) is 5.69 Å². The molecule has 5 heteroatoms. The van der Waals surface area contributed by atoms with Gasteiger partial charge >= 0.3 is 5.63 Å². The van der Waals surface area contributed by atoms with E-state index in [9.17, 15) is 9.59 Å². The van der Waals surface area contributed by atoms with Crippen LogP contribution in [0.2, 0.25) is 0 Å². The van der Waals surface area contributed by atoms with Gasteiger partial charge in [0.05, 0.1) is 6.61 Å². The lowest BCUT2D eigenvalue weighted by Crippen LogP contribution is -2.21. The fraction of sp³-hybridized carbons (Fsp3) is 0.412. The Morgan fingerprint density at radius 1 is 1.23 bits per heavy atom. The zero-order chi connectivity index (χ0) is 16.1. The van der Waals surface area contributed by atoms with Crippen molar-refractivity contribution < 1.29 is 13.9 Å². The van der Waals surface area contributed by atoms with Gasteiger partial charge in [-0.2, -0.15) is 0 Å². The summed E-state index contributed by atoms with van der Waals surface area (Å²) in [6.45, 7) is 6.18. The maximum atomic E-state index is 12.0. The SMILES string of the molecule is CCN(CC)c1ccc2cc(C(=O)CCOC)c(=O)oc2c1. The van der Waals surface area contributed by atoms with Gasteiger partial charge in [-0.05, 0) is 32.0 Å². The first-order valence-electron chi connectivity index (χ1n) is 7.45. The number of hydrogen-bond donors (Lipinski definition) is 0. The summed E-state index contributed by atoms with van der Waals surface area (Å²) in [7, 11) is 1.52. The molecule has 0 aliphatic carbocycles. The Morgan fingerprint density at radius 2 is 1.95 bits per heavy atom. The minimum absolute atomic E-state index is 0.0835. The second-order valence-electron chi connectivity index (χ2n) is 5.01. The monoisotopic (exact) mass is 303 g/mol. The lowest BCUT2D eigenvalue weighted by molar-refractivity contribution is 0.0929. The zero-order valence-electron chi connectivity index (χ0n) is 13.2. The van der Waals surface area contributed by atoms with E-state index in [4.69, 9.17) is 9.15 Å². The average molecular weight is 303 g/mol. The van der Waals surface area contributed by atoms with Crippen LogP contribution < -0.4 is 10.5 Å². The van der Waals surface area contributed by atoms with Crippen molar-refractivity contribution in [3.05, 3.63) is 40.2 Å². The van der Waals surface area contributed by atoms with E-state index in [0.29, 0.717) is 5.58 Å². The molecule has 0 saturated heterocycles. The molecule has 0 saturated carbocycles. The van der Waals surface area contributed by atoms with Crippen LogP contribution in [-0.4, -0.2) is 32.6 Å². The molecule has 0 bridgehead atoms. The number of benzene rings is 1. The molecule has 0 N–H and O–H groups in total. The standard InChI is InChI=1S/C17H21NO4/c1-4-18(5-2)13-7-6-12-10-14(15(19)8-9-21-3)17(20)22-16(12)11-13/h6-7,10-11H,4-5,8-9H2,1-3H3. The van der Waals surface area contributed by atoms with E-state index in [2.05, 4.69) is 18.7 Å². The average Bonchev–Trinajstić information content (AvgIpc) is 2.53. The van der Waals surface area contributed by atoms with Gasteiger partial charge in [0, 0.05) is 43.8 Å². The van der Waals surface area contributed by atoms with E-state index in [0.717, 1.165) is 24.2 Å². The summed E-state index contributed by atoms with van der Waals surface area (Å²) in [5, 5.41) is 0.747. The van der Waals surface area contributed by atoms with E-state index in [-0.39, 0.29) is 24.4 Å². The number of methoxy groups -OCH3 is 1. The third-order valence-corrected chi connectivity index (χ3v) is 3.68. The van der Waals surface area contributed by atoms with Gasteiger partial charge in [0.25, 0.3) is 0 Å². The largest absolute Gasteiger partial charge is 0.422 e. The normalized spacial score (nSPS) is 10.9. The number of carbonyl (C=O) groups excluding carboxylic acids is 1. The molecule has 118 valence electrons.